The van der Waals surface area contributed by atoms with Gasteiger partial charge in [-0.3, -0.25) is 4.98 Å². The van der Waals surface area contributed by atoms with Crippen molar-refractivity contribution in [2.75, 3.05) is 0 Å². The fourth-order valence-electron chi connectivity index (χ4n) is 1.47. The van der Waals surface area contributed by atoms with Crippen LogP contribution < -0.4 is 5.73 Å². The van der Waals surface area contributed by atoms with Crippen LogP contribution in [0.25, 0.3) is 0 Å². The summed E-state index contributed by atoms with van der Waals surface area (Å²) < 4.78 is 26.4. The molecule has 0 amide bonds. The molecule has 1 unspecified atom stereocenters. The molecule has 0 saturated carbocycles. The Balaban J connectivity index is 2.41. The van der Waals surface area contributed by atoms with Crippen LogP contribution in [0.5, 0.6) is 0 Å². The Labute approximate surface area is 91.7 Å². The molecular weight excluding hydrogens is 210 g/mol. The van der Waals surface area contributed by atoms with E-state index in [1.165, 1.54) is 0 Å². The number of nitrogens with zero attached hydrogens (tertiary/aromatic N) is 1. The summed E-state index contributed by atoms with van der Waals surface area (Å²) in [6.07, 6.45) is 1.56. The summed E-state index contributed by atoms with van der Waals surface area (Å²) in [5.41, 5.74) is 6.43. The lowest BCUT2D eigenvalue weighted by atomic mass is 10.0. The largest absolute Gasteiger partial charge is 0.319 e. The van der Waals surface area contributed by atoms with E-state index < -0.39 is 17.7 Å². The predicted molar refractivity (Wildman–Crippen MR) is 56.6 cm³/mol. The van der Waals surface area contributed by atoms with E-state index in [-0.39, 0.29) is 5.56 Å². The molecule has 1 aromatic heterocycles. The minimum Gasteiger partial charge on any atom is -0.319 e. The summed E-state index contributed by atoms with van der Waals surface area (Å²) in [5, 5.41) is 0. The maximum Gasteiger partial charge on any atom is 0.128 e. The molecule has 0 radical (unpaired) electrons. The topological polar surface area (TPSA) is 38.9 Å². The lowest BCUT2D eigenvalue weighted by Gasteiger charge is -2.12. The average Bonchev–Trinajstić information content (AvgIpc) is 2.32. The summed E-state index contributed by atoms with van der Waals surface area (Å²) in [7, 11) is 0. The highest BCUT2D eigenvalue weighted by atomic mass is 19.1. The van der Waals surface area contributed by atoms with E-state index in [2.05, 4.69) is 4.98 Å². The molecule has 16 heavy (non-hydrogen) atoms. The second kappa shape index (κ2) is 4.37. The zero-order valence-electron chi connectivity index (χ0n) is 8.40. The van der Waals surface area contributed by atoms with Gasteiger partial charge in [0.15, 0.2) is 0 Å². The molecule has 0 saturated heterocycles. The molecule has 0 bridgehead atoms. The molecule has 0 aliphatic heterocycles. The van der Waals surface area contributed by atoms with Crippen LogP contribution >= 0.6 is 0 Å². The van der Waals surface area contributed by atoms with Gasteiger partial charge >= 0.3 is 0 Å². The van der Waals surface area contributed by atoms with Crippen molar-refractivity contribution >= 4 is 0 Å². The van der Waals surface area contributed by atoms with Crippen molar-refractivity contribution in [3.05, 3.63) is 65.5 Å². The van der Waals surface area contributed by atoms with Crippen LogP contribution in [0.3, 0.4) is 0 Å². The standard InChI is InChI=1S/C12H10F2N2/c13-8-4-5-10(14)9(7-8)12(15)11-3-1-2-6-16-11/h1-7,12H,15H2. The number of hydrogen-bond acceptors (Lipinski definition) is 2. The summed E-state index contributed by atoms with van der Waals surface area (Å²) in [6.45, 7) is 0. The van der Waals surface area contributed by atoms with Gasteiger partial charge in [0.1, 0.15) is 11.6 Å². The average molecular weight is 220 g/mol. The molecule has 1 heterocycles. The van der Waals surface area contributed by atoms with Crippen molar-refractivity contribution in [2.24, 2.45) is 5.73 Å². The number of benzene rings is 1. The molecule has 2 rings (SSSR count). The normalized spacial score (nSPS) is 12.4. The second-order valence-corrected chi connectivity index (χ2v) is 3.40. The van der Waals surface area contributed by atoms with Gasteiger partial charge in [-0.15, -0.1) is 0 Å². The van der Waals surface area contributed by atoms with Gasteiger partial charge in [-0.25, -0.2) is 8.78 Å². The van der Waals surface area contributed by atoms with E-state index in [1.54, 1.807) is 24.4 Å². The van der Waals surface area contributed by atoms with E-state index in [0.29, 0.717) is 5.69 Å². The summed E-state index contributed by atoms with van der Waals surface area (Å²) in [4.78, 5) is 4.01. The quantitative estimate of drug-likeness (QED) is 0.844. The lowest BCUT2D eigenvalue weighted by Crippen LogP contribution is -2.15. The zero-order valence-corrected chi connectivity index (χ0v) is 8.40. The molecule has 2 aromatic rings. The predicted octanol–water partition coefficient (Wildman–Crippen LogP) is 2.41. The Bertz CT molecular complexity index is 486. The third-order valence-electron chi connectivity index (χ3n) is 2.30. The monoisotopic (exact) mass is 220 g/mol. The fraction of sp³-hybridized carbons (Fsp3) is 0.0833. The Morgan fingerprint density at radius 1 is 1.12 bits per heavy atom. The number of aromatic nitrogens is 1. The summed E-state index contributed by atoms with van der Waals surface area (Å²) >= 11 is 0. The van der Waals surface area contributed by atoms with Gasteiger partial charge in [0, 0.05) is 11.8 Å². The van der Waals surface area contributed by atoms with E-state index >= 15 is 0 Å². The third-order valence-corrected chi connectivity index (χ3v) is 2.30. The lowest BCUT2D eigenvalue weighted by molar-refractivity contribution is 0.575. The molecule has 0 fully saturated rings. The number of pyridine rings is 1. The van der Waals surface area contributed by atoms with Gasteiger partial charge in [0.25, 0.3) is 0 Å². The molecule has 2 N–H and O–H groups in total. The minimum atomic E-state index is -0.753. The van der Waals surface area contributed by atoms with Crippen molar-refractivity contribution < 1.29 is 8.78 Å². The minimum absolute atomic E-state index is 0.110. The van der Waals surface area contributed by atoms with Gasteiger partial charge < -0.3 is 5.73 Å². The Kier molecular flexibility index (Phi) is 2.92. The zero-order chi connectivity index (χ0) is 11.5. The van der Waals surface area contributed by atoms with Gasteiger partial charge in [0.05, 0.1) is 11.7 Å². The van der Waals surface area contributed by atoms with Crippen molar-refractivity contribution in [3.8, 4) is 0 Å². The first-order chi connectivity index (χ1) is 7.68. The number of hydrogen-bond donors (Lipinski definition) is 1. The number of rotatable bonds is 2. The molecular formula is C12H10F2N2. The van der Waals surface area contributed by atoms with Crippen molar-refractivity contribution in [1.29, 1.82) is 0 Å². The van der Waals surface area contributed by atoms with Crippen LogP contribution in [0, 0.1) is 11.6 Å². The fourth-order valence-corrected chi connectivity index (χ4v) is 1.47. The van der Waals surface area contributed by atoms with Gasteiger partial charge in [-0.05, 0) is 30.3 Å². The molecule has 1 aromatic carbocycles. The molecule has 0 aliphatic carbocycles. The van der Waals surface area contributed by atoms with Crippen molar-refractivity contribution in [1.82, 2.24) is 4.98 Å². The SMILES string of the molecule is NC(c1ccccn1)c1cc(F)ccc1F. The van der Waals surface area contributed by atoms with Gasteiger partial charge in [0.2, 0.25) is 0 Å². The van der Waals surface area contributed by atoms with Crippen molar-refractivity contribution in [2.45, 2.75) is 6.04 Å². The summed E-state index contributed by atoms with van der Waals surface area (Å²) in [5.74, 6) is -1.04. The Morgan fingerprint density at radius 3 is 2.62 bits per heavy atom. The molecule has 4 heteroatoms. The van der Waals surface area contributed by atoms with E-state index in [1.807, 2.05) is 0 Å². The van der Waals surface area contributed by atoms with Crippen LogP contribution in [0.15, 0.2) is 42.6 Å². The molecule has 82 valence electrons. The Morgan fingerprint density at radius 2 is 1.94 bits per heavy atom. The Hall–Kier alpha value is -1.81. The highest BCUT2D eigenvalue weighted by Crippen LogP contribution is 2.21. The third kappa shape index (κ3) is 2.06. The number of halogens is 2. The smallest absolute Gasteiger partial charge is 0.128 e. The first kappa shape index (κ1) is 10.7. The van der Waals surface area contributed by atoms with Crippen LogP contribution in [0.4, 0.5) is 8.78 Å². The maximum absolute atomic E-state index is 13.4. The van der Waals surface area contributed by atoms with Crippen molar-refractivity contribution in [3.63, 3.8) is 0 Å². The van der Waals surface area contributed by atoms with E-state index in [9.17, 15) is 8.78 Å². The highest BCUT2D eigenvalue weighted by molar-refractivity contribution is 5.28. The number of nitrogens with two attached hydrogens (primary N) is 1. The van der Waals surface area contributed by atoms with Crippen LogP contribution in [0.2, 0.25) is 0 Å². The van der Waals surface area contributed by atoms with Gasteiger partial charge in [-0.1, -0.05) is 6.07 Å². The first-order valence-corrected chi connectivity index (χ1v) is 4.80. The first-order valence-electron chi connectivity index (χ1n) is 4.80. The molecule has 0 aliphatic rings. The maximum atomic E-state index is 13.4. The van der Waals surface area contributed by atoms with Crippen LogP contribution in [-0.4, -0.2) is 4.98 Å². The van der Waals surface area contributed by atoms with E-state index in [0.717, 1.165) is 18.2 Å². The van der Waals surface area contributed by atoms with Crippen LogP contribution in [-0.2, 0) is 0 Å². The van der Waals surface area contributed by atoms with Crippen LogP contribution in [0.1, 0.15) is 17.3 Å². The molecule has 0 spiro atoms. The van der Waals surface area contributed by atoms with Gasteiger partial charge in [-0.2, -0.15) is 0 Å². The molecule has 2 nitrogen and oxygen atoms in total. The summed E-state index contributed by atoms with van der Waals surface area (Å²) in [6, 6.07) is 7.62. The second-order valence-electron chi connectivity index (χ2n) is 3.40. The highest BCUT2D eigenvalue weighted by Gasteiger charge is 2.15. The molecule has 1 atom stereocenters. The van der Waals surface area contributed by atoms with E-state index in [4.69, 9.17) is 5.73 Å².